The lowest BCUT2D eigenvalue weighted by atomic mass is 10.2. The third-order valence-electron chi connectivity index (χ3n) is 5.87. The third-order valence-corrected chi connectivity index (χ3v) is 7.70. The van der Waals surface area contributed by atoms with Gasteiger partial charge >= 0.3 is 0 Å². The average molecular weight is 589 g/mol. The topological polar surface area (TPSA) is 110 Å². The van der Waals surface area contributed by atoms with Crippen LogP contribution in [0.3, 0.4) is 0 Å². The lowest BCUT2D eigenvalue weighted by molar-refractivity contribution is 0.150. The largest absolute Gasteiger partial charge is 0.494 e. The van der Waals surface area contributed by atoms with Crippen LogP contribution < -0.4 is 30.7 Å². The highest BCUT2D eigenvalue weighted by Gasteiger charge is 2.18. The number of methoxy groups -OCH3 is 2. The van der Waals surface area contributed by atoms with Gasteiger partial charge in [-0.25, -0.2) is 4.98 Å². The van der Waals surface area contributed by atoms with E-state index in [1.54, 1.807) is 33.6 Å². The number of hydrogen-bond acceptors (Lipinski definition) is 10. The molecule has 0 saturated carbocycles. The minimum Gasteiger partial charge on any atom is -0.494 e. The molecule has 3 N–H and O–H groups in total. The van der Waals surface area contributed by atoms with E-state index in [-0.39, 0.29) is 0 Å². The molecule has 0 amide bonds. The summed E-state index contributed by atoms with van der Waals surface area (Å²) in [6.07, 6.45) is 3.27. The number of halogens is 1. The monoisotopic (exact) mass is 588 g/mol. The Labute approximate surface area is 241 Å². The van der Waals surface area contributed by atoms with Gasteiger partial charge in [0, 0.05) is 38.1 Å². The molecule has 2 aromatic carbocycles. The van der Waals surface area contributed by atoms with Crippen LogP contribution in [-0.2, 0) is 9.30 Å². The molecule has 0 spiro atoms. The number of nitrogens with one attached hydrogen (secondary N) is 3. The van der Waals surface area contributed by atoms with Crippen LogP contribution in [0.5, 0.6) is 11.5 Å². The quantitative estimate of drug-likeness (QED) is 0.148. The summed E-state index contributed by atoms with van der Waals surface area (Å²) < 4.78 is 29.7. The number of rotatable bonds is 16. The number of aromatic nitrogens is 2. The Bertz CT molecular complexity index is 1340. The van der Waals surface area contributed by atoms with E-state index in [1.165, 1.54) is 6.20 Å². The van der Waals surface area contributed by atoms with Crippen LogP contribution in [0.25, 0.3) is 0 Å². The standard InChI is InChI=1S/C28H38ClN6O4P/c1-7-12-30-22-17-23(24(38-4)18-25(22)39-16-14-35(2)13-15-37-3)33-28-31-19-20(29)27(34-28)32-21-10-8-9-11-26(21)40(5,6)36/h7-11,17-19,30H,1,12-16H2,2-6H3,(H2,31,32,33,34). The zero-order chi connectivity index (χ0) is 29.1. The fraction of sp³-hybridized carbons (Fsp3) is 0.357. The molecule has 12 heteroatoms. The Morgan fingerprint density at radius 1 is 1.05 bits per heavy atom. The third kappa shape index (κ3) is 8.86. The number of para-hydroxylation sites is 1. The van der Waals surface area contributed by atoms with E-state index in [1.807, 2.05) is 43.4 Å². The highest BCUT2D eigenvalue weighted by molar-refractivity contribution is 7.70. The summed E-state index contributed by atoms with van der Waals surface area (Å²) in [6, 6.07) is 11.1. The predicted octanol–water partition coefficient (Wildman–Crippen LogP) is 5.43. The Hall–Kier alpha value is -3.30. The van der Waals surface area contributed by atoms with Crippen LogP contribution in [0.4, 0.5) is 28.8 Å². The van der Waals surface area contributed by atoms with E-state index in [9.17, 15) is 4.57 Å². The first-order chi connectivity index (χ1) is 19.2. The van der Waals surface area contributed by atoms with E-state index < -0.39 is 7.14 Å². The second-order valence-electron chi connectivity index (χ2n) is 9.37. The van der Waals surface area contributed by atoms with Gasteiger partial charge in [-0.15, -0.1) is 6.58 Å². The van der Waals surface area contributed by atoms with Crippen molar-refractivity contribution in [2.45, 2.75) is 0 Å². The van der Waals surface area contributed by atoms with Crippen molar-refractivity contribution < 1.29 is 18.8 Å². The molecule has 216 valence electrons. The summed E-state index contributed by atoms with van der Waals surface area (Å²) >= 11 is 6.42. The molecular weight excluding hydrogens is 551 g/mol. The van der Waals surface area contributed by atoms with Crippen LogP contribution in [0.2, 0.25) is 5.02 Å². The normalized spacial score (nSPS) is 11.3. The summed E-state index contributed by atoms with van der Waals surface area (Å²) in [6.45, 7) is 10.5. The second-order valence-corrected chi connectivity index (χ2v) is 13.0. The first kappa shape index (κ1) is 31.2. The Kier molecular flexibility index (Phi) is 11.6. The molecule has 0 aliphatic heterocycles. The molecule has 1 aromatic heterocycles. The maximum atomic E-state index is 12.8. The SMILES string of the molecule is C=CCNc1cc(Nc2ncc(Cl)c(Nc3ccccc3P(C)(C)=O)n2)c(OC)cc1OCCN(C)CCOC. The molecule has 0 bridgehead atoms. The van der Waals surface area contributed by atoms with Crippen LogP contribution >= 0.6 is 18.7 Å². The summed E-state index contributed by atoms with van der Waals surface area (Å²) in [4.78, 5) is 11.1. The molecule has 40 heavy (non-hydrogen) atoms. The van der Waals surface area contributed by atoms with Gasteiger partial charge in [-0.05, 0) is 38.6 Å². The van der Waals surface area contributed by atoms with E-state index in [0.717, 1.165) is 18.8 Å². The minimum atomic E-state index is -2.54. The van der Waals surface area contributed by atoms with Crippen molar-refractivity contribution in [2.75, 3.05) is 83.4 Å². The zero-order valence-corrected chi connectivity index (χ0v) is 25.3. The fourth-order valence-electron chi connectivity index (χ4n) is 3.75. The molecule has 10 nitrogen and oxygen atoms in total. The summed E-state index contributed by atoms with van der Waals surface area (Å²) in [5.74, 6) is 1.86. The van der Waals surface area contributed by atoms with E-state index in [0.29, 0.717) is 64.7 Å². The predicted molar refractivity (Wildman–Crippen MR) is 166 cm³/mol. The number of nitrogens with zero attached hydrogens (tertiary/aromatic N) is 3. The van der Waals surface area contributed by atoms with Crippen molar-refractivity contribution in [3.8, 4) is 11.5 Å². The Balaban J connectivity index is 1.85. The van der Waals surface area contributed by atoms with Crippen LogP contribution in [0.15, 0.2) is 55.3 Å². The van der Waals surface area contributed by atoms with Crippen molar-refractivity contribution in [1.82, 2.24) is 14.9 Å². The molecule has 0 radical (unpaired) electrons. The van der Waals surface area contributed by atoms with Crippen molar-refractivity contribution in [3.63, 3.8) is 0 Å². The first-order valence-electron chi connectivity index (χ1n) is 12.7. The Morgan fingerprint density at radius 3 is 2.50 bits per heavy atom. The smallest absolute Gasteiger partial charge is 0.229 e. The first-order valence-corrected chi connectivity index (χ1v) is 15.7. The molecule has 0 atom stereocenters. The number of likely N-dealkylation sites (N-methyl/N-ethyl adjacent to an activating group) is 1. The number of ether oxygens (including phenoxy) is 3. The van der Waals surface area contributed by atoms with Crippen LogP contribution in [0, 0.1) is 0 Å². The Morgan fingerprint density at radius 2 is 1.80 bits per heavy atom. The van der Waals surface area contributed by atoms with E-state index in [4.69, 9.17) is 25.8 Å². The fourth-order valence-corrected chi connectivity index (χ4v) is 5.04. The van der Waals surface area contributed by atoms with Gasteiger partial charge in [-0.1, -0.05) is 29.8 Å². The van der Waals surface area contributed by atoms with Gasteiger partial charge in [0.1, 0.15) is 30.3 Å². The van der Waals surface area contributed by atoms with Gasteiger partial charge in [-0.2, -0.15) is 4.98 Å². The van der Waals surface area contributed by atoms with Crippen LogP contribution in [-0.4, -0.2) is 82.3 Å². The molecule has 0 saturated heterocycles. The molecule has 1 heterocycles. The van der Waals surface area contributed by atoms with Crippen molar-refractivity contribution in [3.05, 3.63) is 60.3 Å². The van der Waals surface area contributed by atoms with Crippen molar-refractivity contribution >= 4 is 52.9 Å². The summed E-state index contributed by atoms with van der Waals surface area (Å²) in [7, 11) is 2.75. The molecule has 0 unspecified atom stereocenters. The number of benzene rings is 2. The molecule has 0 fully saturated rings. The van der Waals surface area contributed by atoms with Gasteiger partial charge in [-0.3, -0.25) is 0 Å². The number of anilines is 5. The van der Waals surface area contributed by atoms with Crippen molar-refractivity contribution in [1.29, 1.82) is 0 Å². The second kappa shape index (κ2) is 14.9. The zero-order valence-electron chi connectivity index (χ0n) is 23.7. The molecule has 3 rings (SSSR count). The maximum absolute atomic E-state index is 12.8. The van der Waals surface area contributed by atoms with Gasteiger partial charge in [0.15, 0.2) is 5.82 Å². The van der Waals surface area contributed by atoms with Crippen LogP contribution in [0.1, 0.15) is 0 Å². The minimum absolute atomic E-state index is 0.293. The molecule has 3 aromatic rings. The summed E-state index contributed by atoms with van der Waals surface area (Å²) in [5.41, 5.74) is 2.05. The van der Waals surface area contributed by atoms with Crippen molar-refractivity contribution in [2.24, 2.45) is 0 Å². The van der Waals surface area contributed by atoms with E-state index >= 15 is 0 Å². The van der Waals surface area contributed by atoms with E-state index in [2.05, 4.69) is 37.4 Å². The molecule has 0 aliphatic carbocycles. The van der Waals surface area contributed by atoms with Gasteiger partial charge in [0.25, 0.3) is 0 Å². The highest BCUT2D eigenvalue weighted by atomic mass is 35.5. The molecule has 0 aliphatic rings. The van der Waals surface area contributed by atoms with Gasteiger partial charge in [0.05, 0.1) is 37.0 Å². The lowest BCUT2D eigenvalue weighted by Gasteiger charge is -2.20. The lowest BCUT2D eigenvalue weighted by Crippen LogP contribution is -2.27. The van der Waals surface area contributed by atoms with Gasteiger partial charge in [0.2, 0.25) is 5.95 Å². The summed E-state index contributed by atoms with van der Waals surface area (Å²) in [5, 5.41) is 10.8. The number of hydrogen-bond donors (Lipinski definition) is 3. The highest BCUT2D eigenvalue weighted by Crippen LogP contribution is 2.40. The average Bonchev–Trinajstić information content (AvgIpc) is 2.93. The maximum Gasteiger partial charge on any atom is 0.229 e. The van der Waals surface area contributed by atoms with Gasteiger partial charge < -0.3 is 39.6 Å². The molecular formula is C28H38ClN6O4P.